The Morgan fingerprint density at radius 1 is 0.947 bits per heavy atom. The number of sulfonamides is 1. The SMILES string of the molecule is Cc1ccccc1[C@@H](NS(C)(=O)=O)c1ccccc1. The third-order valence-corrected chi connectivity index (χ3v) is 3.63. The summed E-state index contributed by atoms with van der Waals surface area (Å²) in [5, 5.41) is 0. The highest BCUT2D eigenvalue weighted by Crippen LogP contribution is 2.25. The first-order chi connectivity index (χ1) is 8.97. The Balaban J connectivity index is 2.50. The molecule has 0 bridgehead atoms. The zero-order valence-corrected chi connectivity index (χ0v) is 11.8. The molecule has 0 aliphatic carbocycles. The van der Waals surface area contributed by atoms with Crippen molar-refractivity contribution in [2.24, 2.45) is 0 Å². The minimum Gasteiger partial charge on any atom is -0.213 e. The van der Waals surface area contributed by atoms with E-state index in [4.69, 9.17) is 0 Å². The van der Waals surface area contributed by atoms with Gasteiger partial charge in [-0.1, -0.05) is 54.6 Å². The van der Waals surface area contributed by atoms with E-state index in [-0.39, 0.29) is 6.04 Å². The van der Waals surface area contributed by atoms with Gasteiger partial charge in [0.05, 0.1) is 12.3 Å². The Hall–Kier alpha value is -1.65. The third-order valence-electron chi connectivity index (χ3n) is 2.96. The average Bonchev–Trinajstić information content (AvgIpc) is 2.37. The van der Waals surface area contributed by atoms with E-state index in [0.717, 1.165) is 16.7 Å². The second kappa shape index (κ2) is 5.55. The smallest absolute Gasteiger partial charge is 0.209 e. The highest BCUT2D eigenvalue weighted by atomic mass is 32.2. The minimum absolute atomic E-state index is 0.350. The van der Waals surface area contributed by atoms with Gasteiger partial charge >= 0.3 is 0 Å². The monoisotopic (exact) mass is 275 g/mol. The molecule has 0 spiro atoms. The van der Waals surface area contributed by atoms with E-state index >= 15 is 0 Å². The highest BCUT2D eigenvalue weighted by Gasteiger charge is 2.19. The van der Waals surface area contributed by atoms with Gasteiger partial charge in [-0.3, -0.25) is 0 Å². The molecule has 19 heavy (non-hydrogen) atoms. The Bertz CT molecular complexity index is 651. The van der Waals surface area contributed by atoms with Crippen LogP contribution in [0.5, 0.6) is 0 Å². The molecule has 100 valence electrons. The van der Waals surface area contributed by atoms with Crippen molar-refractivity contribution < 1.29 is 8.42 Å². The fourth-order valence-corrected chi connectivity index (χ4v) is 2.77. The summed E-state index contributed by atoms with van der Waals surface area (Å²) >= 11 is 0. The van der Waals surface area contributed by atoms with Crippen LogP contribution in [-0.2, 0) is 10.0 Å². The molecule has 0 heterocycles. The molecule has 2 aromatic rings. The molecule has 0 saturated heterocycles. The number of aryl methyl sites for hydroxylation is 1. The van der Waals surface area contributed by atoms with Gasteiger partial charge in [-0.2, -0.15) is 0 Å². The van der Waals surface area contributed by atoms with Crippen LogP contribution in [0.2, 0.25) is 0 Å². The van der Waals surface area contributed by atoms with Crippen molar-refractivity contribution in [3.05, 3.63) is 71.3 Å². The van der Waals surface area contributed by atoms with E-state index in [9.17, 15) is 8.42 Å². The average molecular weight is 275 g/mol. The van der Waals surface area contributed by atoms with Crippen molar-refractivity contribution in [1.29, 1.82) is 0 Å². The summed E-state index contributed by atoms with van der Waals surface area (Å²) in [7, 11) is -3.29. The summed E-state index contributed by atoms with van der Waals surface area (Å²) in [6.45, 7) is 1.98. The molecule has 4 heteroatoms. The number of benzene rings is 2. The van der Waals surface area contributed by atoms with E-state index in [2.05, 4.69) is 4.72 Å². The van der Waals surface area contributed by atoms with Crippen LogP contribution in [0.1, 0.15) is 22.7 Å². The molecule has 0 amide bonds. The zero-order chi connectivity index (χ0) is 13.9. The van der Waals surface area contributed by atoms with Crippen molar-refractivity contribution in [1.82, 2.24) is 4.72 Å². The molecule has 2 rings (SSSR count). The lowest BCUT2D eigenvalue weighted by Crippen LogP contribution is -2.28. The van der Waals surface area contributed by atoms with Gasteiger partial charge in [0.25, 0.3) is 0 Å². The van der Waals surface area contributed by atoms with Crippen molar-refractivity contribution in [3.8, 4) is 0 Å². The summed E-state index contributed by atoms with van der Waals surface area (Å²) in [4.78, 5) is 0. The van der Waals surface area contributed by atoms with Crippen molar-refractivity contribution in [2.45, 2.75) is 13.0 Å². The van der Waals surface area contributed by atoms with Crippen LogP contribution in [-0.4, -0.2) is 14.7 Å². The Morgan fingerprint density at radius 2 is 1.53 bits per heavy atom. The third kappa shape index (κ3) is 3.66. The van der Waals surface area contributed by atoms with E-state index in [0.29, 0.717) is 0 Å². The van der Waals surface area contributed by atoms with Crippen LogP contribution in [0, 0.1) is 6.92 Å². The maximum atomic E-state index is 11.6. The molecule has 0 fully saturated rings. The molecule has 0 aromatic heterocycles. The fraction of sp³-hybridized carbons (Fsp3) is 0.200. The maximum Gasteiger partial charge on any atom is 0.209 e. The van der Waals surface area contributed by atoms with Crippen LogP contribution in [0.25, 0.3) is 0 Å². The Labute approximate surface area is 114 Å². The molecule has 0 saturated carbocycles. The molecular formula is C15H17NO2S. The van der Waals surface area contributed by atoms with Crippen LogP contribution in [0.3, 0.4) is 0 Å². The van der Waals surface area contributed by atoms with E-state index in [1.807, 2.05) is 61.5 Å². The first-order valence-corrected chi connectivity index (χ1v) is 7.94. The van der Waals surface area contributed by atoms with E-state index in [1.54, 1.807) is 0 Å². The molecule has 3 nitrogen and oxygen atoms in total. The van der Waals surface area contributed by atoms with Gasteiger partial charge < -0.3 is 0 Å². The number of rotatable bonds is 4. The fourth-order valence-electron chi connectivity index (χ4n) is 2.08. The second-order valence-corrected chi connectivity index (χ2v) is 6.37. The lowest BCUT2D eigenvalue weighted by molar-refractivity contribution is 0.578. The summed E-state index contributed by atoms with van der Waals surface area (Å²) in [5.41, 5.74) is 2.97. The van der Waals surface area contributed by atoms with E-state index < -0.39 is 10.0 Å². The van der Waals surface area contributed by atoms with Gasteiger partial charge in [-0.25, -0.2) is 13.1 Å². The van der Waals surface area contributed by atoms with Gasteiger partial charge in [-0.05, 0) is 23.6 Å². The largest absolute Gasteiger partial charge is 0.213 e. The van der Waals surface area contributed by atoms with Crippen molar-refractivity contribution >= 4 is 10.0 Å². The standard InChI is InChI=1S/C15H17NO2S/c1-12-8-6-7-11-14(12)15(16-19(2,17)18)13-9-4-3-5-10-13/h3-11,15-16H,1-2H3/t15-/m0/s1. The predicted molar refractivity (Wildman–Crippen MR) is 77.4 cm³/mol. The molecule has 0 radical (unpaired) electrons. The van der Waals surface area contributed by atoms with Gasteiger partial charge in [0, 0.05) is 0 Å². The Kier molecular flexibility index (Phi) is 4.02. The topological polar surface area (TPSA) is 46.2 Å². The van der Waals surface area contributed by atoms with Gasteiger partial charge in [0.2, 0.25) is 10.0 Å². The van der Waals surface area contributed by atoms with Gasteiger partial charge in [0.15, 0.2) is 0 Å². The molecule has 1 atom stereocenters. The molecule has 0 aliphatic rings. The number of hydrogen-bond donors (Lipinski definition) is 1. The number of hydrogen-bond acceptors (Lipinski definition) is 2. The van der Waals surface area contributed by atoms with Gasteiger partial charge in [-0.15, -0.1) is 0 Å². The van der Waals surface area contributed by atoms with Crippen LogP contribution < -0.4 is 4.72 Å². The molecule has 2 aromatic carbocycles. The first kappa shape index (κ1) is 13.8. The quantitative estimate of drug-likeness (QED) is 0.932. The van der Waals surface area contributed by atoms with Crippen molar-refractivity contribution in [3.63, 3.8) is 0 Å². The normalized spacial score (nSPS) is 13.2. The summed E-state index contributed by atoms with van der Waals surface area (Å²) in [5.74, 6) is 0. The summed E-state index contributed by atoms with van der Waals surface area (Å²) < 4.78 is 25.9. The minimum atomic E-state index is -3.29. The molecule has 0 aliphatic heterocycles. The van der Waals surface area contributed by atoms with E-state index in [1.165, 1.54) is 6.26 Å². The zero-order valence-electron chi connectivity index (χ0n) is 11.0. The van der Waals surface area contributed by atoms with Crippen LogP contribution in [0.15, 0.2) is 54.6 Å². The summed E-state index contributed by atoms with van der Waals surface area (Å²) in [6.07, 6.45) is 1.18. The molecule has 0 unspecified atom stereocenters. The first-order valence-electron chi connectivity index (χ1n) is 6.05. The maximum absolute atomic E-state index is 11.6. The highest BCUT2D eigenvalue weighted by molar-refractivity contribution is 7.88. The summed E-state index contributed by atoms with van der Waals surface area (Å²) in [6, 6.07) is 17.0. The van der Waals surface area contributed by atoms with Crippen molar-refractivity contribution in [2.75, 3.05) is 6.26 Å². The lowest BCUT2D eigenvalue weighted by atomic mass is 9.96. The Morgan fingerprint density at radius 3 is 2.11 bits per heavy atom. The molecular weight excluding hydrogens is 258 g/mol. The van der Waals surface area contributed by atoms with Crippen LogP contribution in [0.4, 0.5) is 0 Å². The van der Waals surface area contributed by atoms with Crippen LogP contribution >= 0.6 is 0 Å². The predicted octanol–water partition coefficient (Wildman–Crippen LogP) is 2.63. The lowest BCUT2D eigenvalue weighted by Gasteiger charge is -2.20. The van der Waals surface area contributed by atoms with Gasteiger partial charge in [0.1, 0.15) is 0 Å². The molecule has 1 N–H and O–H groups in total. The second-order valence-electron chi connectivity index (χ2n) is 4.59. The number of nitrogens with one attached hydrogen (secondary N) is 1.